The summed E-state index contributed by atoms with van der Waals surface area (Å²) >= 11 is 0. The first-order chi connectivity index (χ1) is 11.9. The van der Waals surface area contributed by atoms with Gasteiger partial charge in [0.05, 0.1) is 30.2 Å². The zero-order valence-corrected chi connectivity index (χ0v) is 15.0. The number of piperidine rings is 1. The highest BCUT2D eigenvalue weighted by atomic mass is 16.7. The van der Waals surface area contributed by atoms with E-state index in [0.717, 1.165) is 25.1 Å². The van der Waals surface area contributed by atoms with Crippen molar-refractivity contribution in [1.82, 2.24) is 4.90 Å². The molecule has 5 saturated heterocycles. The summed E-state index contributed by atoms with van der Waals surface area (Å²) in [6, 6.07) is 0.490. The molecule has 6 nitrogen and oxygen atoms in total. The molecule has 5 bridgehead atoms. The second-order valence-electron chi connectivity index (χ2n) is 8.55. The molecule has 1 spiro atoms. The number of carbonyl (C=O) groups excluding carboxylic acids is 1. The third-order valence-electron chi connectivity index (χ3n) is 7.88. The second-order valence-corrected chi connectivity index (χ2v) is 8.55. The molecular weight excluding hydrogens is 322 g/mol. The predicted molar refractivity (Wildman–Crippen MR) is 85.8 cm³/mol. The molecule has 8 atom stereocenters. The zero-order chi connectivity index (χ0) is 17.3. The Morgan fingerprint density at radius 3 is 2.92 bits per heavy atom. The fourth-order valence-electron chi connectivity index (χ4n) is 6.93. The molecule has 134 valence electrons. The van der Waals surface area contributed by atoms with Gasteiger partial charge in [-0.1, -0.05) is 6.92 Å². The summed E-state index contributed by atoms with van der Waals surface area (Å²) in [4.78, 5) is 14.7. The van der Waals surface area contributed by atoms with Crippen LogP contribution in [0.4, 0.5) is 0 Å². The summed E-state index contributed by atoms with van der Waals surface area (Å²) in [5, 5.41) is 0. The minimum absolute atomic E-state index is 0.100. The minimum Gasteiger partial charge on any atom is -0.492 e. The Hall–Kier alpha value is -1.53. The van der Waals surface area contributed by atoms with Crippen molar-refractivity contribution >= 4 is 5.97 Å². The van der Waals surface area contributed by atoms with Crippen molar-refractivity contribution in [2.75, 3.05) is 13.7 Å². The molecule has 0 saturated carbocycles. The lowest BCUT2D eigenvalue weighted by molar-refractivity contribution is -0.255. The Kier molecular flexibility index (Phi) is 2.38. The van der Waals surface area contributed by atoms with Crippen LogP contribution in [0.1, 0.15) is 33.6 Å². The monoisotopic (exact) mass is 345 g/mol. The molecule has 0 aromatic rings. The van der Waals surface area contributed by atoms with Crippen molar-refractivity contribution in [3.05, 3.63) is 22.9 Å². The maximum absolute atomic E-state index is 12.1. The lowest BCUT2D eigenvalue weighted by Gasteiger charge is -2.47. The first-order valence-corrected chi connectivity index (χ1v) is 9.28. The fraction of sp³-hybridized carbons (Fsp3) is 0.737. The Bertz CT molecular complexity index is 787. The van der Waals surface area contributed by atoms with Gasteiger partial charge in [-0.05, 0) is 33.2 Å². The summed E-state index contributed by atoms with van der Waals surface area (Å²) in [6.07, 6.45) is 2.45. The second kappa shape index (κ2) is 4.07. The van der Waals surface area contributed by atoms with Crippen molar-refractivity contribution in [2.24, 2.45) is 17.8 Å². The third-order valence-corrected chi connectivity index (χ3v) is 7.88. The topological polar surface area (TPSA) is 57.2 Å². The molecule has 6 heterocycles. The molecule has 0 N–H and O–H groups in total. The quantitative estimate of drug-likeness (QED) is 0.677. The first-order valence-electron chi connectivity index (χ1n) is 9.28. The van der Waals surface area contributed by atoms with Gasteiger partial charge in [0, 0.05) is 17.9 Å². The summed E-state index contributed by atoms with van der Waals surface area (Å²) in [5.74, 6) is 1.58. The van der Waals surface area contributed by atoms with E-state index in [1.165, 1.54) is 0 Å². The normalized spacial score (nSPS) is 57.4. The number of methoxy groups -OCH3 is 1. The van der Waals surface area contributed by atoms with Crippen LogP contribution in [0.3, 0.4) is 0 Å². The summed E-state index contributed by atoms with van der Waals surface area (Å²) in [7, 11) is 1.57. The van der Waals surface area contributed by atoms with Crippen LogP contribution in [0.5, 0.6) is 0 Å². The van der Waals surface area contributed by atoms with Crippen molar-refractivity contribution in [3.8, 4) is 0 Å². The summed E-state index contributed by atoms with van der Waals surface area (Å²) in [5.41, 5.74) is 0.600. The molecule has 5 fully saturated rings. The van der Waals surface area contributed by atoms with Crippen LogP contribution in [0, 0.1) is 17.8 Å². The molecule has 6 aliphatic rings. The molecule has 0 aromatic heterocycles. The number of hydrogen-bond acceptors (Lipinski definition) is 6. The predicted octanol–water partition coefficient (Wildman–Crippen LogP) is 1.92. The van der Waals surface area contributed by atoms with Gasteiger partial charge in [0.1, 0.15) is 5.76 Å². The Balaban J connectivity index is 1.52. The van der Waals surface area contributed by atoms with E-state index in [9.17, 15) is 4.79 Å². The van der Waals surface area contributed by atoms with Gasteiger partial charge < -0.3 is 18.9 Å². The molecule has 0 aromatic carbocycles. The van der Waals surface area contributed by atoms with E-state index in [-0.39, 0.29) is 29.4 Å². The standard InChI is InChI=1S/C19H23NO5/c1-8-13-10-7-12-18(3)11(5-6-20(10)18)19(13,24-12)25-15(8)16-14(22-4)9(2)17(21)23-16/h8,10-13H,5-7H2,1-4H3/b16-15-/t8-,10-,11-,12+,13+,18-,19+/m0/s1. The maximum Gasteiger partial charge on any atom is 0.343 e. The van der Waals surface area contributed by atoms with Gasteiger partial charge in [0.25, 0.3) is 0 Å². The average molecular weight is 345 g/mol. The van der Waals surface area contributed by atoms with Crippen LogP contribution in [0.2, 0.25) is 0 Å². The van der Waals surface area contributed by atoms with Crippen molar-refractivity contribution in [1.29, 1.82) is 0 Å². The van der Waals surface area contributed by atoms with Gasteiger partial charge in [0.2, 0.25) is 11.5 Å². The molecular formula is C19H23NO5. The number of nitrogens with zero attached hydrogens (tertiary/aromatic N) is 1. The highest BCUT2D eigenvalue weighted by molar-refractivity contribution is 5.93. The van der Waals surface area contributed by atoms with Crippen LogP contribution >= 0.6 is 0 Å². The number of hydrogen-bond donors (Lipinski definition) is 0. The number of rotatable bonds is 1. The number of fused-ring (bicyclic) bond motifs is 1. The average Bonchev–Trinajstić information content (AvgIpc) is 3.26. The number of ether oxygens (including phenoxy) is 4. The Morgan fingerprint density at radius 1 is 1.36 bits per heavy atom. The van der Waals surface area contributed by atoms with Crippen molar-refractivity contribution < 1.29 is 23.7 Å². The van der Waals surface area contributed by atoms with E-state index in [1.54, 1.807) is 14.0 Å². The van der Waals surface area contributed by atoms with Gasteiger partial charge in [-0.25, -0.2) is 4.79 Å². The Morgan fingerprint density at radius 2 is 2.16 bits per heavy atom. The van der Waals surface area contributed by atoms with Crippen LogP contribution in [0.15, 0.2) is 22.9 Å². The van der Waals surface area contributed by atoms with Crippen molar-refractivity contribution in [3.63, 3.8) is 0 Å². The molecule has 25 heavy (non-hydrogen) atoms. The number of allylic oxidation sites excluding steroid dienone is 1. The first kappa shape index (κ1) is 14.6. The molecule has 0 aliphatic carbocycles. The molecule has 6 aliphatic heterocycles. The van der Waals surface area contributed by atoms with Crippen molar-refractivity contribution in [2.45, 2.75) is 57.1 Å². The molecule has 0 radical (unpaired) electrons. The summed E-state index contributed by atoms with van der Waals surface area (Å²) in [6.45, 7) is 7.39. The van der Waals surface area contributed by atoms with Crippen LogP contribution in [-0.2, 0) is 23.7 Å². The van der Waals surface area contributed by atoms with Crippen LogP contribution < -0.4 is 0 Å². The van der Waals surface area contributed by atoms with Gasteiger partial charge >= 0.3 is 5.97 Å². The smallest absolute Gasteiger partial charge is 0.343 e. The lowest BCUT2D eigenvalue weighted by atomic mass is 9.71. The number of carbonyl (C=O) groups is 1. The van der Waals surface area contributed by atoms with Crippen LogP contribution in [-0.4, -0.2) is 48.0 Å². The number of cyclic esters (lactones) is 1. The minimum atomic E-state index is -0.557. The van der Waals surface area contributed by atoms with Gasteiger partial charge in [-0.3, -0.25) is 4.90 Å². The third kappa shape index (κ3) is 1.29. The highest BCUT2D eigenvalue weighted by Gasteiger charge is 2.83. The van der Waals surface area contributed by atoms with Gasteiger partial charge in [0.15, 0.2) is 5.76 Å². The van der Waals surface area contributed by atoms with Gasteiger partial charge in [-0.2, -0.15) is 0 Å². The zero-order valence-electron chi connectivity index (χ0n) is 15.0. The van der Waals surface area contributed by atoms with E-state index in [2.05, 4.69) is 18.7 Å². The summed E-state index contributed by atoms with van der Waals surface area (Å²) < 4.78 is 24.2. The van der Waals surface area contributed by atoms with E-state index < -0.39 is 5.79 Å². The molecule has 6 rings (SSSR count). The lowest BCUT2D eigenvalue weighted by Crippen LogP contribution is -2.60. The number of esters is 1. The van der Waals surface area contributed by atoms with E-state index >= 15 is 0 Å². The van der Waals surface area contributed by atoms with E-state index in [1.807, 2.05) is 0 Å². The Labute approximate surface area is 146 Å². The highest BCUT2D eigenvalue weighted by Crippen LogP contribution is 2.72. The molecule has 6 heteroatoms. The SMILES string of the molecule is COC1=C(C)C(=O)O/C1=C1\O[C@@]23O[C@@H]4C[C@@H]([C@H]2[C@@H]1C)N1CC[C@H]3[C@@]41C. The fourth-order valence-corrected chi connectivity index (χ4v) is 6.93. The maximum atomic E-state index is 12.1. The van der Waals surface area contributed by atoms with Crippen LogP contribution in [0.25, 0.3) is 0 Å². The van der Waals surface area contributed by atoms with E-state index in [4.69, 9.17) is 18.9 Å². The largest absolute Gasteiger partial charge is 0.492 e. The molecule has 0 amide bonds. The molecule has 1 unspecified atom stereocenters. The van der Waals surface area contributed by atoms with E-state index in [0.29, 0.717) is 29.1 Å². The van der Waals surface area contributed by atoms with Gasteiger partial charge in [-0.15, -0.1) is 0 Å².